The fraction of sp³-hybridized carbons (Fsp3) is 0.650. The van der Waals surface area contributed by atoms with E-state index in [4.69, 9.17) is 4.74 Å². The fourth-order valence-corrected chi connectivity index (χ4v) is 3.17. The molecule has 2 N–H and O–H groups in total. The van der Waals surface area contributed by atoms with E-state index in [0.29, 0.717) is 0 Å². The van der Waals surface area contributed by atoms with Gasteiger partial charge in [-0.25, -0.2) is 0 Å². The predicted molar refractivity (Wildman–Crippen MR) is 120 cm³/mol. The third-order valence-corrected chi connectivity index (χ3v) is 4.88. The monoisotopic (exact) mass is 474 g/mol. The molecule has 0 aliphatic carbocycles. The number of hydrogen-bond acceptors (Lipinski definition) is 3. The summed E-state index contributed by atoms with van der Waals surface area (Å²) in [4.78, 5) is 6.88. The number of nitrogens with zero attached hydrogens (tertiary/aromatic N) is 2. The van der Waals surface area contributed by atoms with Gasteiger partial charge < -0.3 is 15.4 Å². The van der Waals surface area contributed by atoms with Crippen LogP contribution in [0.3, 0.4) is 0 Å². The van der Waals surface area contributed by atoms with Crippen LogP contribution >= 0.6 is 24.0 Å². The molecule has 1 fully saturated rings. The molecule has 1 aliphatic rings. The third kappa shape index (κ3) is 8.22. The summed E-state index contributed by atoms with van der Waals surface area (Å²) in [5.74, 6) is 1.72. The summed E-state index contributed by atoms with van der Waals surface area (Å²) in [5, 5.41) is 6.76. The van der Waals surface area contributed by atoms with E-state index in [9.17, 15) is 0 Å². The normalized spacial score (nSPS) is 16.2. The van der Waals surface area contributed by atoms with Crippen LogP contribution < -0.4 is 10.6 Å². The predicted octanol–water partition coefficient (Wildman–Crippen LogP) is 3.24. The largest absolute Gasteiger partial charge is 0.385 e. The van der Waals surface area contributed by atoms with Gasteiger partial charge in [0.15, 0.2) is 5.96 Å². The molecular formula is C20H35IN4O. The van der Waals surface area contributed by atoms with Gasteiger partial charge in [-0.05, 0) is 49.4 Å². The molecule has 1 aromatic rings. The molecule has 26 heavy (non-hydrogen) atoms. The molecule has 0 bridgehead atoms. The highest BCUT2D eigenvalue weighted by Gasteiger charge is 2.16. The molecule has 0 saturated carbocycles. The standard InChI is InChI=1S/C20H34N4O.HI/c1-17-9-12-24(13-10-17)16-19-8-5-4-7-18(19)15-23-20(21-2)22-11-6-14-25-3;/h4-5,7-8,17H,6,9-16H2,1-3H3,(H2,21,22,23);1H. The average molecular weight is 474 g/mol. The lowest BCUT2D eigenvalue weighted by atomic mass is 9.98. The molecule has 0 aromatic heterocycles. The SMILES string of the molecule is CN=C(NCCCOC)NCc1ccccc1CN1CCC(C)CC1.I. The summed E-state index contributed by atoms with van der Waals surface area (Å²) in [6.45, 7) is 8.26. The molecular weight excluding hydrogens is 439 g/mol. The zero-order chi connectivity index (χ0) is 17.9. The first-order chi connectivity index (χ1) is 12.2. The maximum atomic E-state index is 5.08. The van der Waals surface area contributed by atoms with Crippen LogP contribution in [0.15, 0.2) is 29.3 Å². The van der Waals surface area contributed by atoms with Crippen LogP contribution in [0, 0.1) is 5.92 Å². The molecule has 6 heteroatoms. The van der Waals surface area contributed by atoms with Gasteiger partial charge in [-0.1, -0.05) is 31.2 Å². The molecule has 0 radical (unpaired) electrons. The number of hydrogen-bond donors (Lipinski definition) is 2. The van der Waals surface area contributed by atoms with Crippen LogP contribution in [-0.2, 0) is 17.8 Å². The van der Waals surface area contributed by atoms with Crippen LogP contribution in [0.4, 0.5) is 0 Å². The number of benzene rings is 1. The number of piperidine rings is 1. The molecule has 1 saturated heterocycles. The highest BCUT2D eigenvalue weighted by Crippen LogP contribution is 2.19. The molecule has 0 amide bonds. The van der Waals surface area contributed by atoms with E-state index in [1.165, 1.54) is 37.1 Å². The van der Waals surface area contributed by atoms with Crippen molar-refractivity contribution >= 4 is 29.9 Å². The number of methoxy groups -OCH3 is 1. The number of halogens is 1. The Bertz CT molecular complexity index is 530. The Kier molecular flexibility index (Phi) is 11.9. The van der Waals surface area contributed by atoms with Gasteiger partial charge in [-0.15, -0.1) is 24.0 Å². The van der Waals surface area contributed by atoms with Crippen molar-refractivity contribution in [2.24, 2.45) is 10.9 Å². The highest BCUT2D eigenvalue weighted by atomic mass is 127. The number of nitrogens with one attached hydrogen (secondary N) is 2. The second-order valence-corrected chi connectivity index (χ2v) is 6.93. The summed E-state index contributed by atoms with van der Waals surface area (Å²) in [6.07, 6.45) is 3.61. The Morgan fingerprint density at radius 3 is 2.54 bits per heavy atom. The number of rotatable bonds is 8. The number of likely N-dealkylation sites (tertiary alicyclic amines) is 1. The van der Waals surface area contributed by atoms with E-state index >= 15 is 0 Å². The van der Waals surface area contributed by atoms with Gasteiger partial charge in [0, 0.05) is 40.4 Å². The van der Waals surface area contributed by atoms with Crippen molar-refractivity contribution in [3.8, 4) is 0 Å². The Morgan fingerprint density at radius 1 is 1.19 bits per heavy atom. The van der Waals surface area contributed by atoms with Crippen LogP contribution in [-0.4, -0.2) is 51.3 Å². The van der Waals surface area contributed by atoms with Gasteiger partial charge >= 0.3 is 0 Å². The summed E-state index contributed by atoms with van der Waals surface area (Å²) in [7, 11) is 3.54. The topological polar surface area (TPSA) is 48.9 Å². The van der Waals surface area contributed by atoms with Crippen molar-refractivity contribution in [3.63, 3.8) is 0 Å². The Hall–Kier alpha value is -0.860. The van der Waals surface area contributed by atoms with Crippen LogP contribution in [0.25, 0.3) is 0 Å². The maximum absolute atomic E-state index is 5.08. The summed E-state index contributed by atoms with van der Waals surface area (Å²) in [5.41, 5.74) is 2.76. The van der Waals surface area contributed by atoms with E-state index in [0.717, 1.165) is 44.5 Å². The quantitative estimate of drug-likeness (QED) is 0.263. The smallest absolute Gasteiger partial charge is 0.191 e. The minimum absolute atomic E-state index is 0. The summed E-state index contributed by atoms with van der Waals surface area (Å²) in [6, 6.07) is 8.73. The van der Waals surface area contributed by atoms with Crippen LogP contribution in [0.1, 0.15) is 37.3 Å². The van der Waals surface area contributed by atoms with E-state index in [2.05, 4.69) is 51.7 Å². The van der Waals surface area contributed by atoms with Gasteiger partial charge in [0.1, 0.15) is 0 Å². The van der Waals surface area contributed by atoms with E-state index in [1.54, 1.807) is 7.11 Å². The van der Waals surface area contributed by atoms with Crippen molar-refractivity contribution < 1.29 is 4.74 Å². The molecule has 1 aliphatic heterocycles. The molecule has 0 atom stereocenters. The molecule has 148 valence electrons. The van der Waals surface area contributed by atoms with Gasteiger partial charge in [-0.3, -0.25) is 9.89 Å². The van der Waals surface area contributed by atoms with Crippen molar-refractivity contribution in [2.75, 3.05) is 40.4 Å². The van der Waals surface area contributed by atoms with Gasteiger partial charge in [-0.2, -0.15) is 0 Å². The Labute approximate surface area is 176 Å². The molecule has 5 nitrogen and oxygen atoms in total. The number of guanidine groups is 1. The minimum Gasteiger partial charge on any atom is -0.385 e. The molecule has 1 aromatic carbocycles. The second kappa shape index (κ2) is 13.3. The van der Waals surface area contributed by atoms with Crippen molar-refractivity contribution in [1.29, 1.82) is 0 Å². The lowest BCUT2D eigenvalue weighted by Crippen LogP contribution is -2.38. The first-order valence-electron chi connectivity index (χ1n) is 9.45. The van der Waals surface area contributed by atoms with Gasteiger partial charge in [0.25, 0.3) is 0 Å². The zero-order valence-electron chi connectivity index (χ0n) is 16.5. The van der Waals surface area contributed by atoms with E-state index in [-0.39, 0.29) is 24.0 Å². The molecule has 1 heterocycles. The van der Waals surface area contributed by atoms with Gasteiger partial charge in [0.2, 0.25) is 0 Å². The molecule has 0 spiro atoms. The maximum Gasteiger partial charge on any atom is 0.191 e. The number of ether oxygens (including phenoxy) is 1. The van der Waals surface area contributed by atoms with E-state index < -0.39 is 0 Å². The highest BCUT2D eigenvalue weighted by molar-refractivity contribution is 14.0. The molecule has 0 unspecified atom stereocenters. The van der Waals surface area contributed by atoms with Crippen molar-refractivity contribution in [1.82, 2.24) is 15.5 Å². The first kappa shape index (κ1) is 23.2. The molecule has 2 rings (SSSR count). The van der Waals surface area contributed by atoms with Crippen molar-refractivity contribution in [2.45, 2.75) is 39.3 Å². The number of aliphatic imine (C=N–C) groups is 1. The minimum atomic E-state index is 0. The lowest BCUT2D eigenvalue weighted by Gasteiger charge is -2.30. The lowest BCUT2D eigenvalue weighted by molar-refractivity contribution is 0.185. The summed E-state index contributed by atoms with van der Waals surface area (Å²) < 4.78 is 5.08. The fourth-order valence-electron chi connectivity index (χ4n) is 3.17. The first-order valence-corrected chi connectivity index (χ1v) is 9.45. The van der Waals surface area contributed by atoms with Crippen molar-refractivity contribution in [3.05, 3.63) is 35.4 Å². The van der Waals surface area contributed by atoms with Crippen LogP contribution in [0.2, 0.25) is 0 Å². The van der Waals surface area contributed by atoms with Crippen LogP contribution in [0.5, 0.6) is 0 Å². The average Bonchev–Trinajstić information content (AvgIpc) is 2.64. The zero-order valence-corrected chi connectivity index (χ0v) is 18.8. The third-order valence-electron chi connectivity index (χ3n) is 4.88. The Balaban J connectivity index is 0.00000338. The van der Waals surface area contributed by atoms with Gasteiger partial charge in [0.05, 0.1) is 0 Å². The summed E-state index contributed by atoms with van der Waals surface area (Å²) >= 11 is 0. The van der Waals surface area contributed by atoms with E-state index in [1.807, 2.05) is 7.05 Å². The Morgan fingerprint density at radius 2 is 1.88 bits per heavy atom. The second-order valence-electron chi connectivity index (χ2n) is 6.93.